The minimum absolute atomic E-state index is 0.118. The fraction of sp³-hybridized carbons (Fsp3) is 0.176. The molecule has 0 fully saturated rings. The van der Waals surface area contributed by atoms with Gasteiger partial charge in [0.15, 0.2) is 0 Å². The SMILES string of the molecule is O=C(Nc1ccc(Cl)cc1C(=NCCO)c1ccccc1)C(Cl)(Cl)Cl. The number of rotatable bonds is 5. The highest BCUT2D eigenvalue weighted by molar-refractivity contribution is 6.76. The van der Waals surface area contributed by atoms with Crippen LogP contribution >= 0.6 is 46.4 Å². The zero-order valence-corrected chi connectivity index (χ0v) is 15.9. The Morgan fingerprint density at radius 3 is 2.40 bits per heavy atom. The number of hydrogen-bond acceptors (Lipinski definition) is 3. The average molecular weight is 420 g/mol. The first-order chi connectivity index (χ1) is 11.8. The fourth-order valence-electron chi connectivity index (χ4n) is 2.10. The summed E-state index contributed by atoms with van der Waals surface area (Å²) in [6, 6.07) is 14.2. The third kappa shape index (κ3) is 5.59. The molecular weight excluding hydrogens is 406 g/mol. The van der Waals surface area contributed by atoms with Gasteiger partial charge in [0.1, 0.15) is 0 Å². The van der Waals surface area contributed by atoms with E-state index in [1.165, 1.54) is 0 Å². The molecule has 4 nitrogen and oxygen atoms in total. The molecule has 0 radical (unpaired) electrons. The minimum atomic E-state index is -2.11. The highest BCUT2D eigenvalue weighted by atomic mass is 35.6. The van der Waals surface area contributed by atoms with Gasteiger partial charge < -0.3 is 10.4 Å². The summed E-state index contributed by atoms with van der Waals surface area (Å²) in [5.41, 5.74) is 2.29. The Hall–Kier alpha value is -1.30. The lowest BCUT2D eigenvalue weighted by Gasteiger charge is -2.17. The number of aliphatic hydroxyl groups excluding tert-OH is 1. The van der Waals surface area contributed by atoms with Gasteiger partial charge in [0.05, 0.1) is 24.6 Å². The molecule has 0 unspecified atom stereocenters. The van der Waals surface area contributed by atoms with E-state index in [9.17, 15) is 4.79 Å². The van der Waals surface area contributed by atoms with Crippen molar-refractivity contribution in [3.63, 3.8) is 0 Å². The van der Waals surface area contributed by atoms with Crippen molar-refractivity contribution in [2.75, 3.05) is 18.5 Å². The van der Waals surface area contributed by atoms with E-state index in [-0.39, 0.29) is 13.2 Å². The van der Waals surface area contributed by atoms with Crippen molar-refractivity contribution in [2.24, 2.45) is 4.99 Å². The van der Waals surface area contributed by atoms with E-state index >= 15 is 0 Å². The molecule has 2 rings (SSSR count). The van der Waals surface area contributed by atoms with Gasteiger partial charge >= 0.3 is 0 Å². The molecule has 2 aromatic carbocycles. The lowest BCUT2D eigenvalue weighted by atomic mass is 10.0. The number of aliphatic imine (C=N–C) groups is 1. The normalized spacial score (nSPS) is 12.1. The van der Waals surface area contributed by atoms with Gasteiger partial charge in [-0.05, 0) is 18.2 Å². The van der Waals surface area contributed by atoms with Crippen LogP contribution in [0.2, 0.25) is 5.02 Å². The molecule has 0 aliphatic carbocycles. The Labute approximate surface area is 165 Å². The quantitative estimate of drug-likeness (QED) is 0.554. The van der Waals surface area contributed by atoms with E-state index < -0.39 is 9.70 Å². The van der Waals surface area contributed by atoms with Gasteiger partial charge in [-0.3, -0.25) is 9.79 Å². The van der Waals surface area contributed by atoms with E-state index in [4.69, 9.17) is 51.5 Å². The number of nitrogens with zero attached hydrogens (tertiary/aromatic N) is 1. The Bertz CT molecular complexity index is 774. The highest BCUT2D eigenvalue weighted by Gasteiger charge is 2.31. The summed E-state index contributed by atoms with van der Waals surface area (Å²) in [4.78, 5) is 16.4. The van der Waals surface area contributed by atoms with E-state index in [2.05, 4.69) is 10.3 Å². The van der Waals surface area contributed by atoms with Crippen LogP contribution in [0.15, 0.2) is 53.5 Å². The van der Waals surface area contributed by atoms with Crippen LogP contribution in [0.25, 0.3) is 0 Å². The van der Waals surface area contributed by atoms with Crippen LogP contribution in [0.4, 0.5) is 5.69 Å². The highest BCUT2D eigenvalue weighted by Crippen LogP contribution is 2.30. The minimum Gasteiger partial charge on any atom is -0.394 e. The zero-order valence-electron chi connectivity index (χ0n) is 12.8. The summed E-state index contributed by atoms with van der Waals surface area (Å²) in [5, 5.41) is 12.2. The Morgan fingerprint density at radius 1 is 1.12 bits per heavy atom. The number of nitrogens with one attached hydrogen (secondary N) is 1. The second-order valence-electron chi connectivity index (χ2n) is 4.96. The molecule has 132 valence electrons. The van der Waals surface area contributed by atoms with Crippen LogP contribution < -0.4 is 5.32 Å². The number of halogens is 4. The van der Waals surface area contributed by atoms with Gasteiger partial charge in [-0.25, -0.2) is 0 Å². The topological polar surface area (TPSA) is 61.7 Å². The van der Waals surface area contributed by atoms with Gasteiger partial charge in [0.2, 0.25) is 0 Å². The summed E-state index contributed by atoms with van der Waals surface area (Å²) in [5.74, 6) is -0.796. The third-order valence-electron chi connectivity index (χ3n) is 3.16. The predicted molar refractivity (Wildman–Crippen MR) is 104 cm³/mol. The van der Waals surface area contributed by atoms with Gasteiger partial charge in [0.25, 0.3) is 9.70 Å². The smallest absolute Gasteiger partial charge is 0.276 e. The van der Waals surface area contributed by atoms with Crippen molar-refractivity contribution >= 4 is 63.7 Å². The van der Waals surface area contributed by atoms with E-state index in [1.54, 1.807) is 18.2 Å². The Kier molecular flexibility index (Phi) is 7.11. The maximum absolute atomic E-state index is 12.0. The van der Waals surface area contributed by atoms with Gasteiger partial charge in [0, 0.05) is 16.1 Å². The summed E-state index contributed by atoms with van der Waals surface area (Å²) >= 11 is 23.0. The van der Waals surface area contributed by atoms with Gasteiger partial charge in [-0.1, -0.05) is 76.7 Å². The van der Waals surface area contributed by atoms with E-state index in [0.717, 1.165) is 5.56 Å². The molecule has 0 spiro atoms. The summed E-state index contributed by atoms with van der Waals surface area (Å²) in [6.45, 7) is 0.0708. The van der Waals surface area contributed by atoms with E-state index in [0.29, 0.717) is 22.0 Å². The number of benzene rings is 2. The molecule has 0 saturated carbocycles. The molecule has 0 heterocycles. The van der Waals surface area contributed by atoms with Gasteiger partial charge in [-0.15, -0.1) is 0 Å². The molecule has 25 heavy (non-hydrogen) atoms. The molecule has 2 aromatic rings. The standard InChI is InChI=1S/C17H14Cl4N2O2/c18-12-6-7-14(23-16(25)17(19,20)21)13(10-12)15(22-8-9-24)11-4-2-1-3-5-11/h1-7,10,24H,8-9H2,(H,23,25). The van der Waals surface area contributed by atoms with Crippen molar-refractivity contribution in [1.29, 1.82) is 0 Å². The first-order valence-electron chi connectivity index (χ1n) is 7.21. The maximum atomic E-state index is 12.0. The molecule has 0 atom stereocenters. The Balaban J connectivity index is 2.53. The number of carbonyl (C=O) groups excluding carboxylic acids is 1. The lowest BCUT2D eigenvalue weighted by molar-refractivity contribution is -0.115. The molecule has 0 aromatic heterocycles. The number of carbonyl (C=O) groups is 1. The monoisotopic (exact) mass is 418 g/mol. The molecule has 0 aliphatic heterocycles. The first kappa shape index (κ1) is 20.0. The number of aliphatic hydroxyl groups is 1. The summed E-state index contributed by atoms with van der Waals surface area (Å²) in [6.07, 6.45) is 0. The maximum Gasteiger partial charge on any atom is 0.276 e. The van der Waals surface area contributed by atoms with Crippen LogP contribution in [0.5, 0.6) is 0 Å². The van der Waals surface area contributed by atoms with Crippen LogP contribution in [-0.4, -0.2) is 33.7 Å². The molecular formula is C17H14Cl4N2O2. The molecule has 2 N–H and O–H groups in total. The first-order valence-corrected chi connectivity index (χ1v) is 8.73. The van der Waals surface area contributed by atoms with Crippen molar-refractivity contribution in [1.82, 2.24) is 0 Å². The number of amides is 1. The fourth-order valence-corrected chi connectivity index (χ4v) is 2.42. The number of hydrogen-bond donors (Lipinski definition) is 2. The zero-order chi connectivity index (χ0) is 18.4. The average Bonchev–Trinajstić information content (AvgIpc) is 2.57. The van der Waals surface area contributed by atoms with Crippen LogP contribution in [0.1, 0.15) is 11.1 Å². The van der Waals surface area contributed by atoms with Crippen molar-refractivity contribution in [2.45, 2.75) is 3.79 Å². The number of anilines is 1. The van der Waals surface area contributed by atoms with Gasteiger partial charge in [-0.2, -0.15) is 0 Å². The molecule has 0 bridgehead atoms. The molecule has 0 saturated heterocycles. The molecule has 0 aliphatic rings. The lowest BCUT2D eigenvalue weighted by Crippen LogP contribution is -2.28. The largest absolute Gasteiger partial charge is 0.394 e. The van der Waals surface area contributed by atoms with Crippen molar-refractivity contribution < 1.29 is 9.90 Å². The summed E-state index contributed by atoms with van der Waals surface area (Å²) in [7, 11) is 0. The predicted octanol–water partition coefficient (Wildman–Crippen LogP) is 4.48. The Morgan fingerprint density at radius 2 is 1.80 bits per heavy atom. The van der Waals surface area contributed by atoms with Crippen LogP contribution in [-0.2, 0) is 4.79 Å². The van der Waals surface area contributed by atoms with Crippen LogP contribution in [0.3, 0.4) is 0 Å². The number of alkyl halides is 3. The molecule has 1 amide bonds. The summed E-state index contributed by atoms with van der Waals surface area (Å²) < 4.78 is -2.11. The van der Waals surface area contributed by atoms with Crippen molar-refractivity contribution in [3.8, 4) is 0 Å². The van der Waals surface area contributed by atoms with Crippen molar-refractivity contribution in [3.05, 3.63) is 64.7 Å². The second kappa shape index (κ2) is 8.88. The third-order valence-corrected chi connectivity index (χ3v) is 3.91. The van der Waals surface area contributed by atoms with E-state index in [1.807, 2.05) is 30.3 Å². The second-order valence-corrected chi connectivity index (χ2v) is 7.68. The molecule has 8 heteroatoms. The van der Waals surface area contributed by atoms with Crippen LogP contribution in [0, 0.1) is 0 Å².